The third-order valence-electron chi connectivity index (χ3n) is 4.26. The molecule has 0 saturated carbocycles. The Balaban J connectivity index is 1.70. The van der Waals surface area contributed by atoms with E-state index in [1.807, 2.05) is 12.1 Å². The maximum Gasteiger partial charge on any atom is 0.276 e. The highest BCUT2D eigenvalue weighted by Crippen LogP contribution is 2.21. The number of amides is 1. The van der Waals surface area contributed by atoms with Crippen molar-refractivity contribution in [2.24, 2.45) is 5.92 Å². The van der Waals surface area contributed by atoms with Gasteiger partial charge in [-0.2, -0.15) is 9.90 Å². The van der Waals surface area contributed by atoms with Crippen LogP contribution in [-0.4, -0.2) is 50.1 Å². The molecule has 1 aliphatic rings. The van der Waals surface area contributed by atoms with Gasteiger partial charge in [0.05, 0.1) is 18.0 Å². The third-order valence-corrected chi connectivity index (χ3v) is 4.49. The van der Waals surface area contributed by atoms with Crippen LogP contribution in [0.1, 0.15) is 30.3 Å². The van der Waals surface area contributed by atoms with Gasteiger partial charge in [-0.25, -0.2) is 0 Å². The third kappa shape index (κ3) is 3.54. The summed E-state index contributed by atoms with van der Waals surface area (Å²) in [5.74, 6) is 0.142. The number of aromatic nitrogens is 3. The maximum atomic E-state index is 12.5. The number of nitrogens with zero attached hydrogens (tertiary/aromatic N) is 4. The fraction of sp³-hybridized carbons (Fsp3) is 0.438. The summed E-state index contributed by atoms with van der Waals surface area (Å²) < 4.78 is 0. The summed E-state index contributed by atoms with van der Waals surface area (Å²) in [6.45, 7) is 3.08. The zero-order valence-electron chi connectivity index (χ0n) is 12.9. The monoisotopic (exact) mass is 334 g/mol. The molecular weight excluding hydrogens is 316 g/mol. The lowest BCUT2D eigenvalue weighted by atomic mass is 9.92. The zero-order chi connectivity index (χ0) is 16.4. The molecule has 0 aliphatic carbocycles. The second-order valence-corrected chi connectivity index (χ2v) is 6.31. The van der Waals surface area contributed by atoms with Crippen molar-refractivity contribution in [3.05, 3.63) is 41.2 Å². The first-order valence-corrected chi connectivity index (χ1v) is 8.08. The number of hydrogen-bond donors (Lipinski definition) is 1. The Kier molecular flexibility index (Phi) is 4.63. The fourth-order valence-corrected chi connectivity index (χ4v) is 3.02. The molecule has 1 aromatic carbocycles. The van der Waals surface area contributed by atoms with Crippen molar-refractivity contribution >= 4 is 17.5 Å². The zero-order valence-corrected chi connectivity index (χ0v) is 13.6. The largest absolute Gasteiger partial charge is 0.393 e. The molecule has 6 nitrogen and oxygen atoms in total. The van der Waals surface area contributed by atoms with E-state index in [2.05, 4.69) is 10.2 Å². The normalized spacial score (nSPS) is 17.3. The number of likely N-dealkylation sites (tertiary alicyclic amines) is 1. The lowest BCUT2D eigenvalue weighted by Crippen LogP contribution is -2.40. The number of rotatable bonds is 3. The number of piperidine rings is 1. The van der Waals surface area contributed by atoms with Crippen LogP contribution in [0.5, 0.6) is 0 Å². The van der Waals surface area contributed by atoms with E-state index in [4.69, 9.17) is 11.6 Å². The Labute approximate surface area is 139 Å². The van der Waals surface area contributed by atoms with E-state index in [0.717, 1.165) is 12.8 Å². The van der Waals surface area contributed by atoms with Crippen molar-refractivity contribution in [3.8, 4) is 5.69 Å². The lowest BCUT2D eigenvalue weighted by Gasteiger charge is -2.32. The van der Waals surface area contributed by atoms with Crippen molar-refractivity contribution in [2.45, 2.75) is 25.9 Å². The van der Waals surface area contributed by atoms with Gasteiger partial charge in [0.15, 0.2) is 5.69 Å². The Bertz CT molecular complexity index is 693. The minimum Gasteiger partial charge on any atom is -0.393 e. The molecule has 0 radical (unpaired) electrons. The molecule has 0 spiro atoms. The number of aliphatic hydroxyl groups is 1. The fourth-order valence-electron chi connectivity index (χ4n) is 2.83. The van der Waals surface area contributed by atoms with Crippen LogP contribution in [0.25, 0.3) is 5.69 Å². The molecule has 1 atom stereocenters. The molecule has 122 valence electrons. The summed E-state index contributed by atoms with van der Waals surface area (Å²) in [6.07, 6.45) is 2.78. The Morgan fingerprint density at radius 1 is 1.39 bits per heavy atom. The molecule has 1 fully saturated rings. The molecule has 1 aliphatic heterocycles. The quantitative estimate of drug-likeness (QED) is 0.933. The van der Waals surface area contributed by atoms with Gasteiger partial charge in [-0.15, -0.1) is 5.10 Å². The minimum atomic E-state index is -0.323. The summed E-state index contributed by atoms with van der Waals surface area (Å²) in [5.41, 5.74) is 1.03. The van der Waals surface area contributed by atoms with Crippen LogP contribution >= 0.6 is 11.6 Å². The molecule has 0 bridgehead atoms. The van der Waals surface area contributed by atoms with Gasteiger partial charge >= 0.3 is 0 Å². The second-order valence-electron chi connectivity index (χ2n) is 5.87. The van der Waals surface area contributed by atoms with Gasteiger partial charge in [-0.05, 0) is 43.9 Å². The first-order valence-electron chi connectivity index (χ1n) is 7.70. The van der Waals surface area contributed by atoms with E-state index in [-0.39, 0.29) is 17.9 Å². The summed E-state index contributed by atoms with van der Waals surface area (Å²) in [5, 5.41) is 18.6. The van der Waals surface area contributed by atoms with Crippen LogP contribution in [0.15, 0.2) is 30.5 Å². The molecule has 1 saturated heterocycles. The first kappa shape index (κ1) is 16.0. The van der Waals surface area contributed by atoms with Crippen LogP contribution < -0.4 is 0 Å². The first-order chi connectivity index (χ1) is 11.0. The van der Waals surface area contributed by atoms with Crippen LogP contribution in [-0.2, 0) is 0 Å². The molecule has 1 amide bonds. The van der Waals surface area contributed by atoms with E-state index in [0.29, 0.717) is 29.5 Å². The smallest absolute Gasteiger partial charge is 0.276 e. The van der Waals surface area contributed by atoms with Gasteiger partial charge in [0.2, 0.25) is 0 Å². The van der Waals surface area contributed by atoms with E-state index in [1.54, 1.807) is 24.0 Å². The van der Waals surface area contributed by atoms with Crippen LogP contribution in [0.3, 0.4) is 0 Å². The summed E-state index contributed by atoms with van der Waals surface area (Å²) >= 11 is 5.96. The number of carbonyl (C=O) groups is 1. The number of halogens is 1. The number of aliphatic hydroxyl groups excluding tert-OH is 1. The highest BCUT2D eigenvalue weighted by molar-refractivity contribution is 6.30. The van der Waals surface area contributed by atoms with Gasteiger partial charge in [0.25, 0.3) is 5.91 Å². The van der Waals surface area contributed by atoms with Gasteiger partial charge in [0, 0.05) is 18.1 Å². The van der Waals surface area contributed by atoms with Crippen LogP contribution in [0.4, 0.5) is 0 Å². The van der Waals surface area contributed by atoms with E-state index in [9.17, 15) is 9.90 Å². The molecule has 3 rings (SSSR count). The Hall–Kier alpha value is -1.92. The van der Waals surface area contributed by atoms with Gasteiger partial charge in [0.1, 0.15) is 0 Å². The molecule has 7 heteroatoms. The Morgan fingerprint density at radius 3 is 2.78 bits per heavy atom. The number of carbonyl (C=O) groups excluding carboxylic acids is 1. The predicted molar refractivity (Wildman–Crippen MR) is 86.7 cm³/mol. The van der Waals surface area contributed by atoms with Crippen molar-refractivity contribution in [3.63, 3.8) is 0 Å². The standard InChI is InChI=1S/C16H19ClN4O2/c1-11(22)12-5-7-20(8-6-12)16(23)15-10-18-21(19-15)14-4-2-3-13(17)9-14/h2-4,9-12,22H,5-8H2,1H3. The van der Waals surface area contributed by atoms with Crippen molar-refractivity contribution in [1.29, 1.82) is 0 Å². The summed E-state index contributed by atoms with van der Waals surface area (Å²) in [7, 11) is 0. The van der Waals surface area contributed by atoms with Gasteiger partial charge in [-0.3, -0.25) is 4.79 Å². The van der Waals surface area contributed by atoms with Crippen molar-refractivity contribution in [1.82, 2.24) is 19.9 Å². The minimum absolute atomic E-state index is 0.123. The molecule has 2 aromatic rings. The molecular formula is C16H19ClN4O2. The average Bonchev–Trinajstić information content (AvgIpc) is 3.04. The summed E-state index contributed by atoms with van der Waals surface area (Å²) in [4.78, 5) is 15.7. The molecule has 2 heterocycles. The van der Waals surface area contributed by atoms with Crippen LogP contribution in [0.2, 0.25) is 5.02 Å². The van der Waals surface area contributed by atoms with Crippen molar-refractivity contribution in [2.75, 3.05) is 13.1 Å². The van der Waals surface area contributed by atoms with Gasteiger partial charge in [-0.1, -0.05) is 17.7 Å². The SMILES string of the molecule is CC(O)C1CCN(C(=O)c2cnn(-c3cccc(Cl)c3)n2)CC1. The van der Waals surface area contributed by atoms with Crippen LogP contribution in [0, 0.1) is 5.92 Å². The maximum absolute atomic E-state index is 12.5. The second kappa shape index (κ2) is 6.68. The highest BCUT2D eigenvalue weighted by atomic mass is 35.5. The van der Waals surface area contributed by atoms with E-state index < -0.39 is 0 Å². The van der Waals surface area contributed by atoms with E-state index in [1.165, 1.54) is 11.0 Å². The predicted octanol–water partition coefficient (Wildman–Crippen LogP) is 2.15. The lowest BCUT2D eigenvalue weighted by molar-refractivity contribution is 0.0516. The van der Waals surface area contributed by atoms with E-state index >= 15 is 0 Å². The molecule has 1 N–H and O–H groups in total. The topological polar surface area (TPSA) is 71.2 Å². The summed E-state index contributed by atoms with van der Waals surface area (Å²) in [6, 6.07) is 7.15. The number of hydrogen-bond acceptors (Lipinski definition) is 4. The van der Waals surface area contributed by atoms with Gasteiger partial charge < -0.3 is 10.0 Å². The molecule has 23 heavy (non-hydrogen) atoms. The number of benzene rings is 1. The molecule has 1 aromatic heterocycles. The molecule has 1 unspecified atom stereocenters. The van der Waals surface area contributed by atoms with Crippen molar-refractivity contribution < 1.29 is 9.90 Å². The Morgan fingerprint density at radius 2 is 2.13 bits per heavy atom. The highest BCUT2D eigenvalue weighted by Gasteiger charge is 2.27. The average molecular weight is 335 g/mol.